The minimum Gasteiger partial charge on any atom is -0.396 e. The van der Waals surface area contributed by atoms with Gasteiger partial charge in [0.25, 0.3) is 0 Å². The van der Waals surface area contributed by atoms with E-state index in [0.717, 1.165) is 25.7 Å². The van der Waals surface area contributed by atoms with Gasteiger partial charge in [0, 0.05) is 3.92 Å². The Hall–Kier alpha value is -0.390. The lowest BCUT2D eigenvalue weighted by Gasteiger charge is -2.26. The Balaban J connectivity index is 2.24. The number of anilines is 1. The summed E-state index contributed by atoms with van der Waals surface area (Å²) in [6.45, 7) is 0. The molecule has 16 heavy (non-hydrogen) atoms. The maximum absolute atomic E-state index is 13.7. The molecule has 1 aliphatic carbocycles. The van der Waals surface area contributed by atoms with Crippen LogP contribution in [0.3, 0.4) is 0 Å². The van der Waals surface area contributed by atoms with Crippen LogP contribution in [-0.2, 0) is 0 Å². The van der Waals surface area contributed by atoms with Crippen molar-refractivity contribution in [1.82, 2.24) is 0 Å². The number of nitrogen functional groups attached to an aromatic ring is 1. The van der Waals surface area contributed by atoms with Gasteiger partial charge in [-0.1, -0.05) is 28.7 Å². The topological polar surface area (TPSA) is 26.0 Å². The number of halogens is 3. The molecule has 1 nitrogen and oxygen atoms in total. The number of benzene rings is 1. The summed E-state index contributed by atoms with van der Waals surface area (Å²) >= 11 is 2.42. The van der Waals surface area contributed by atoms with Crippen molar-refractivity contribution in [2.75, 3.05) is 5.73 Å². The number of nitrogens with two attached hydrogens (primary N) is 1. The fraction of sp³-hybridized carbons (Fsp3) is 0.500. The summed E-state index contributed by atoms with van der Waals surface area (Å²) in [7, 11) is 0. The molecule has 0 bridgehead atoms. The van der Waals surface area contributed by atoms with Crippen LogP contribution in [0.4, 0.5) is 14.5 Å². The molecule has 0 amide bonds. The standard InChI is InChI=1S/C12H14F2IN/c13-11-9(5-6-10(16)12(11)14)7-1-3-8(15)4-2-7/h5-8H,1-4,16H2. The average molecular weight is 337 g/mol. The first-order chi connectivity index (χ1) is 7.59. The highest BCUT2D eigenvalue weighted by Gasteiger charge is 2.24. The monoisotopic (exact) mass is 337 g/mol. The van der Waals surface area contributed by atoms with Gasteiger partial charge in [-0.25, -0.2) is 8.78 Å². The van der Waals surface area contributed by atoms with Crippen molar-refractivity contribution in [3.8, 4) is 0 Å². The molecular weight excluding hydrogens is 323 g/mol. The minimum atomic E-state index is -0.894. The summed E-state index contributed by atoms with van der Waals surface area (Å²) in [5.74, 6) is -1.49. The van der Waals surface area contributed by atoms with Crippen molar-refractivity contribution < 1.29 is 8.78 Å². The van der Waals surface area contributed by atoms with E-state index >= 15 is 0 Å². The van der Waals surface area contributed by atoms with Crippen molar-refractivity contribution in [3.63, 3.8) is 0 Å². The van der Waals surface area contributed by atoms with Crippen LogP contribution in [-0.4, -0.2) is 3.92 Å². The molecule has 0 saturated heterocycles. The van der Waals surface area contributed by atoms with E-state index in [-0.39, 0.29) is 11.6 Å². The summed E-state index contributed by atoms with van der Waals surface area (Å²) in [5, 5.41) is 0. The van der Waals surface area contributed by atoms with Gasteiger partial charge in [-0.15, -0.1) is 0 Å². The highest BCUT2D eigenvalue weighted by molar-refractivity contribution is 14.1. The zero-order chi connectivity index (χ0) is 11.7. The molecule has 2 N–H and O–H groups in total. The van der Waals surface area contributed by atoms with Gasteiger partial charge in [0.15, 0.2) is 11.6 Å². The Morgan fingerprint density at radius 2 is 1.69 bits per heavy atom. The van der Waals surface area contributed by atoms with Crippen LogP contribution in [0.1, 0.15) is 37.2 Å². The number of alkyl halides is 1. The largest absolute Gasteiger partial charge is 0.396 e. The highest BCUT2D eigenvalue weighted by atomic mass is 127. The molecule has 2 rings (SSSR count). The van der Waals surface area contributed by atoms with E-state index in [1.807, 2.05) is 0 Å². The first-order valence-corrected chi connectivity index (χ1v) is 6.71. The fourth-order valence-electron chi connectivity index (χ4n) is 2.26. The van der Waals surface area contributed by atoms with Gasteiger partial charge in [0.1, 0.15) is 0 Å². The number of rotatable bonds is 1. The Labute approximate surface area is 108 Å². The molecule has 1 aliphatic rings. The van der Waals surface area contributed by atoms with Crippen molar-refractivity contribution >= 4 is 28.3 Å². The molecule has 0 aliphatic heterocycles. The van der Waals surface area contributed by atoms with Crippen LogP contribution in [0, 0.1) is 11.6 Å². The SMILES string of the molecule is Nc1ccc(C2CCC(I)CC2)c(F)c1F. The zero-order valence-corrected chi connectivity index (χ0v) is 11.0. The van der Waals surface area contributed by atoms with Crippen molar-refractivity contribution in [3.05, 3.63) is 29.3 Å². The van der Waals surface area contributed by atoms with Gasteiger partial charge >= 0.3 is 0 Å². The molecule has 1 aromatic rings. The number of hydrogen-bond donors (Lipinski definition) is 1. The third-order valence-electron chi connectivity index (χ3n) is 3.24. The van der Waals surface area contributed by atoms with Crippen LogP contribution in [0.25, 0.3) is 0 Å². The fourth-order valence-corrected chi connectivity index (χ4v) is 2.98. The van der Waals surface area contributed by atoms with Gasteiger partial charge < -0.3 is 5.73 Å². The quantitative estimate of drug-likeness (QED) is 0.468. The Bertz CT molecular complexity index is 387. The normalized spacial score (nSPS) is 25.7. The summed E-state index contributed by atoms with van der Waals surface area (Å²) in [4.78, 5) is 0. The summed E-state index contributed by atoms with van der Waals surface area (Å²) in [6, 6.07) is 3.09. The maximum atomic E-state index is 13.7. The smallest absolute Gasteiger partial charge is 0.181 e. The molecule has 0 spiro atoms. The van der Waals surface area contributed by atoms with E-state index in [2.05, 4.69) is 22.6 Å². The third kappa shape index (κ3) is 2.31. The second kappa shape index (κ2) is 4.85. The zero-order valence-electron chi connectivity index (χ0n) is 8.85. The van der Waals surface area contributed by atoms with E-state index in [0.29, 0.717) is 9.49 Å². The summed E-state index contributed by atoms with van der Waals surface area (Å²) in [5.41, 5.74) is 5.71. The van der Waals surface area contributed by atoms with E-state index in [1.165, 1.54) is 6.07 Å². The predicted octanol–water partition coefficient (Wildman–Crippen LogP) is 4.01. The van der Waals surface area contributed by atoms with Crippen LogP contribution in [0.5, 0.6) is 0 Å². The number of hydrogen-bond acceptors (Lipinski definition) is 1. The Morgan fingerprint density at radius 1 is 1.06 bits per heavy atom. The van der Waals surface area contributed by atoms with Crippen LogP contribution in [0.15, 0.2) is 12.1 Å². The molecule has 0 heterocycles. The van der Waals surface area contributed by atoms with E-state index in [1.54, 1.807) is 6.07 Å². The summed E-state index contributed by atoms with van der Waals surface area (Å²) < 4.78 is 27.7. The summed E-state index contributed by atoms with van der Waals surface area (Å²) in [6.07, 6.45) is 4.04. The van der Waals surface area contributed by atoms with Gasteiger partial charge in [-0.2, -0.15) is 0 Å². The molecule has 0 unspecified atom stereocenters. The van der Waals surface area contributed by atoms with Gasteiger partial charge in [-0.3, -0.25) is 0 Å². The van der Waals surface area contributed by atoms with E-state index < -0.39 is 11.6 Å². The second-order valence-electron chi connectivity index (χ2n) is 4.32. The average Bonchev–Trinajstić information content (AvgIpc) is 2.28. The highest BCUT2D eigenvalue weighted by Crippen LogP contribution is 2.37. The first-order valence-electron chi connectivity index (χ1n) is 5.47. The second-order valence-corrected chi connectivity index (χ2v) is 6.08. The lowest BCUT2D eigenvalue weighted by atomic mass is 9.83. The van der Waals surface area contributed by atoms with Gasteiger partial charge in [-0.05, 0) is 43.2 Å². The molecule has 0 radical (unpaired) electrons. The van der Waals surface area contributed by atoms with Crippen molar-refractivity contribution in [2.45, 2.75) is 35.5 Å². The van der Waals surface area contributed by atoms with Crippen molar-refractivity contribution in [1.29, 1.82) is 0 Å². The maximum Gasteiger partial charge on any atom is 0.181 e. The van der Waals surface area contributed by atoms with Crippen LogP contribution in [0.2, 0.25) is 0 Å². The van der Waals surface area contributed by atoms with Crippen molar-refractivity contribution in [2.24, 2.45) is 0 Å². The van der Waals surface area contributed by atoms with Gasteiger partial charge in [0.05, 0.1) is 5.69 Å². The minimum absolute atomic E-state index is 0.108. The predicted molar refractivity (Wildman–Crippen MR) is 69.8 cm³/mol. The van der Waals surface area contributed by atoms with Crippen LogP contribution >= 0.6 is 22.6 Å². The molecule has 88 valence electrons. The molecular formula is C12H14F2IN. The third-order valence-corrected chi connectivity index (χ3v) is 4.48. The molecule has 0 aromatic heterocycles. The van der Waals surface area contributed by atoms with Crippen LogP contribution < -0.4 is 5.73 Å². The van der Waals surface area contributed by atoms with E-state index in [4.69, 9.17) is 5.73 Å². The molecule has 1 saturated carbocycles. The molecule has 1 fully saturated rings. The lowest BCUT2D eigenvalue weighted by molar-refractivity contribution is 0.430. The van der Waals surface area contributed by atoms with E-state index in [9.17, 15) is 8.78 Å². The Morgan fingerprint density at radius 3 is 2.31 bits per heavy atom. The lowest BCUT2D eigenvalue weighted by Crippen LogP contribution is -2.14. The molecule has 0 atom stereocenters. The first kappa shape index (κ1) is 12.1. The molecule has 1 aromatic carbocycles. The van der Waals surface area contributed by atoms with Gasteiger partial charge in [0.2, 0.25) is 0 Å². The molecule has 4 heteroatoms. The Kier molecular flexibility index (Phi) is 3.66.